The van der Waals surface area contributed by atoms with Crippen LogP contribution in [-0.4, -0.2) is 23.0 Å². The second-order valence-electron chi connectivity index (χ2n) is 3.95. The van der Waals surface area contributed by atoms with Crippen LogP contribution in [0.5, 0.6) is 5.75 Å². The molecule has 1 amide bonds. The molecule has 8 heteroatoms. The molecule has 0 heterocycles. The summed E-state index contributed by atoms with van der Waals surface area (Å²) in [5.74, 6) is -1.94. The van der Waals surface area contributed by atoms with E-state index < -0.39 is 17.8 Å². The van der Waals surface area contributed by atoms with Gasteiger partial charge in [-0.05, 0) is 55.6 Å². The van der Waals surface area contributed by atoms with Crippen molar-refractivity contribution in [1.82, 2.24) is 5.32 Å². The first-order valence-electron chi connectivity index (χ1n) is 5.60. The summed E-state index contributed by atoms with van der Waals surface area (Å²) >= 11 is 6.47. The van der Waals surface area contributed by atoms with Gasteiger partial charge < -0.3 is 15.2 Å². The third-order valence-electron chi connectivity index (χ3n) is 2.12. The van der Waals surface area contributed by atoms with E-state index in [0.717, 1.165) is 0 Å². The summed E-state index contributed by atoms with van der Waals surface area (Å²) in [6, 6.07) is 3.13. The van der Waals surface area contributed by atoms with Gasteiger partial charge in [0.1, 0.15) is 5.70 Å². The molecule has 0 aliphatic heterocycles. The number of carboxylic acids is 1. The minimum absolute atomic E-state index is 0.262. The van der Waals surface area contributed by atoms with Gasteiger partial charge in [0.05, 0.1) is 8.95 Å². The summed E-state index contributed by atoms with van der Waals surface area (Å²) in [5.41, 5.74) is 0.234. The molecule has 1 aromatic carbocycles. The molecule has 0 unspecified atom stereocenters. The van der Waals surface area contributed by atoms with E-state index in [9.17, 15) is 14.4 Å². The first-order chi connectivity index (χ1) is 9.70. The van der Waals surface area contributed by atoms with E-state index in [-0.39, 0.29) is 11.4 Å². The monoisotopic (exact) mass is 419 g/mol. The minimum atomic E-state index is -1.26. The van der Waals surface area contributed by atoms with Gasteiger partial charge in [0.25, 0.3) is 0 Å². The molecule has 21 heavy (non-hydrogen) atoms. The lowest BCUT2D eigenvalue weighted by Crippen LogP contribution is -2.24. The number of amides is 1. The zero-order valence-electron chi connectivity index (χ0n) is 11.1. The van der Waals surface area contributed by atoms with Gasteiger partial charge in [-0.25, -0.2) is 4.79 Å². The van der Waals surface area contributed by atoms with Crippen LogP contribution in [0.1, 0.15) is 19.4 Å². The molecule has 0 atom stereocenters. The summed E-state index contributed by atoms with van der Waals surface area (Å²) in [6.45, 7) is 2.48. The van der Waals surface area contributed by atoms with E-state index in [1.165, 1.54) is 19.9 Å². The molecule has 0 fully saturated rings. The van der Waals surface area contributed by atoms with Crippen molar-refractivity contribution in [2.24, 2.45) is 0 Å². The highest BCUT2D eigenvalue weighted by Gasteiger charge is 2.13. The Labute approximate surface area is 137 Å². The lowest BCUT2D eigenvalue weighted by Gasteiger charge is -2.09. The number of carboxylic acid groups (broad SMARTS) is 1. The number of ether oxygens (including phenoxy) is 1. The van der Waals surface area contributed by atoms with Gasteiger partial charge in [0, 0.05) is 13.8 Å². The number of aliphatic carboxylic acids is 1. The van der Waals surface area contributed by atoms with E-state index in [1.54, 1.807) is 12.1 Å². The number of carbonyl (C=O) groups excluding carboxylic acids is 2. The van der Waals surface area contributed by atoms with E-state index >= 15 is 0 Å². The molecule has 2 N–H and O–H groups in total. The van der Waals surface area contributed by atoms with Crippen LogP contribution in [0, 0.1) is 0 Å². The molecular formula is C13H11Br2NO5. The molecule has 0 aliphatic rings. The van der Waals surface area contributed by atoms with E-state index in [0.29, 0.717) is 14.5 Å². The Balaban J connectivity index is 3.23. The quantitative estimate of drug-likeness (QED) is 0.443. The average Bonchev–Trinajstić information content (AvgIpc) is 2.32. The largest absolute Gasteiger partial charge is 0.477 e. The van der Waals surface area contributed by atoms with Crippen LogP contribution >= 0.6 is 31.9 Å². The van der Waals surface area contributed by atoms with Crippen molar-refractivity contribution in [3.8, 4) is 5.75 Å². The first-order valence-corrected chi connectivity index (χ1v) is 7.19. The predicted molar refractivity (Wildman–Crippen MR) is 82.6 cm³/mol. The number of benzene rings is 1. The summed E-state index contributed by atoms with van der Waals surface area (Å²) in [5, 5.41) is 11.2. The lowest BCUT2D eigenvalue weighted by molar-refractivity contribution is -0.134. The predicted octanol–water partition coefficient (Wildman–Crippen LogP) is 2.70. The SMILES string of the molecule is CC(=O)N/C(=C\c1cc(Br)c(OC(C)=O)c(Br)c1)C(=O)O. The number of nitrogens with one attached hydrogen (secondary N) is 1. The second-order valence-corrected chi connectivity index (χ2v) is 5.66. The Morgan fingerprint density at radius 2 is 1.71 bits per heavy atom. The Morgan fingerprint density at radius 1 is 1.19 bits per heavy atom. The van der Waals surface area contributed by atoms with Crippen LogP contribution in [0.4, 0.5) is 0 Å². The number of carbonyl (C=O) groups is 3. The maximum Gasteiger partial charge on any atom is 0.352 e. The van der Waals surface area contributed by atoms with Gasteiger partial charge >= 0.3 is 11.9 Å². The summed E-state index contributed by atoms with van der Waals surface area (Å²) in [7, 11) is 0. The molecule has 6 nitrogen and oxygen atoms in total. The zero-order valence-corrected chi connectivity index (χ0v) is 14.2. The molecule has 0 aliphatic carbocycles. The van der Waals surface area contributed by atoms with Gasteiger partial charge in [0.15, 0.2) is 5.75 Å². The topological polar surface area (TPSA) is 92.7 Å². The molecule has 0 radical (unpaired) electrons. The van der Waals surface area contributed by atoms with Crippen molar-refractivity contribution in [3.63, 3.8) is 0 Å². The third kappa shape index (κ3) is 5.31. The van der Waals surface area contributed by atoms with Gasteiger partial charge in [-0.2, -0.15) is 0 Å². The first kappa shape index (κ1) is 17.4. The van der Waals surface area contributed by atoms with Crippen molar-refractivity contribution in [3.05, 3.63) is 32.3 Å². The van der Waals surface area contributed by atoms with Crippen molar-refractivity contribution in [2.75, 3.05) is 0 Å². The van der Waals surface area contributed by atoms with Crippen LogP contribution in [-0.2, 0) is 14.4 Å². The highest BCUT2D eigenvalue weighted by molar-refractivity contribution is 9.11. The summed E-state index contributed by atoms with van der Waals surface area (Å²) in [4.78, 5) is 33.0. The lowest BCUT2D eigenvalue weighted by atomic mass is 10.2. The molecular weight excluding hydrogens is 410 g/mol. The fourth-order valence-electron chi connectivity index (χ4n) is 1.41. The summed E-state index contributed by atoms with van der Waals surface area (Å²) < 4.78 is 5.94. The van der Waals surface area contributed by atoms with Crippen molar-refractivity contribution < 1.29 is 24.2 Å². The van der Waals surface area contributed by atoms with Gasteiger partial charge in [-0.1, -0.05) is 0 Å². The maximum atomic E-state index is 11.0. The molecule has 112 valence electrons. The highest BCUT2D eigenvalue weighted by atomic mass is 79.9. The van der Waals surface area contributed by atoms with Gasteiger partial charge in [-0.15, -0.1) is 0 Å². The Bertz CT molecular complexity index is 616. The number of halogens is 2. The average molecular weight is 421 g/mol. The van der Waals surface area contributed by atoms with Crippen LogP contribution in [0.3, 0.4) is 0 Å². The number of esters is 1. The number of hydrogen-bond acceptors (Lipinski definition) is 4. The zero-order chi connectivity index (χ0) is 16.2. The molecule has 0 saturated carbocycles. The van der Waals surface area contributed by atoms with Crippen LogP contribution in [0.15, 0.2) is 26.8 Å². The molecule has 0 saturated heterocycles. The Kier molecular flexibility index (Phi) is 6.10. The van der Waals surface area contributed by atoms with Crippen LogP contribution in [0.2, 0.25) is 0 Å². The number of rotatable bonds is 4. The van der Waals surface area contributed by atoms with E-state index in [2.05, 4.69) is 37.2 Å². The molecule has 1 rings (SSSR count). The van der Waals surface area contributed by atoms with E-state index in [1.807, 2.05) is 0 Å². The molecule has 0 aromatic heterocycles. The third-order valence-corrected chi connectivity index (χ3v) is 3.30. The Morgan fingerprint density at radius 3 is 2.10 bits per heavy atom. The molecule has 0 bridgehead atoms. The van der Waals surface area contributed by atoms with Crippen molar-refractivity contribution in [2.45, 2.75) is 13.8 Å². The van der Waals surface area contributed by atoms with Crippen LogP contribution < -0.4 is 10.1 Å². The Hall–Kier alpha value is -1.67. The fourth-order valence-corrected chi connectivity index (χ4v) is 2.80. The fraction of sp³-hybridized carbons (Fsp3) is 0.154. The second kappa shape index (κ2) is 7.37. The molecule has 1 aromatic rings. The normalized spacial score (nSPS) is 11.0. The van der Waals surface area contributed by atoms with Gasteiger partial charge in [0.2, 0.25) is 5.91 Å². The van der Waals surface area contributed by atoms with Crippen LogP contribution in [0.25, 0.3) is 6.08 Å². The minimum Gasteiger partial charge on any atom is -0.477 e. The van der Waals surface area contributed by atoms with Crippen molar-refractivity contribution >= 4 is 55.8 Å². The van der Waals surface area contributed by atoms with Gasteiger partial charge in [-0.3, -0.25) is 9.59 Å². The van der Waals surface area contributed by atoms with E-state index in [4.69, 9.17) is 9.84 Å². The smallest absolute Gasteiger partial charge is 0.352 e. The number of hydrogen-bond donors (Lipinski definition) is 2. The maximum absolute atomic E-state index is 11.0. The summed E-state index contributed by atoms with van der Waals surface area (Å²) in [6.07, 6.45) is 1.29. The highest BCUT2D eigenvalue weighted by Crippen LogP contribution is 2.35. The molecule has 0 spiro atoms. The van der Waals surface area contributed by atoms with Crippen molar-refractivity contribution in [1.29, 1.82) is 0 Å². The standard InChI is InChI=1S/C13H11Br2NO5/c1-6(17)16-11(13(19)20)5-8-3-9(14)12(10(15)4-8)21-7(2)18/h3-5H,1-2H3,(H,16,17)(H,19,20)/b11-5-.